The number of benzene rings is 1. The molecule has 16 heavy (non-hydrogen) atoms. The highest BCUT2D eigenvalue weighted by atomic mass is 79.9. The van der Waals surface area contributed by atoms with Crippen LogP contribution in [0.4, 0.5) is 8.78 Å². The van der Waals surface area contributed by atoms with Crippen LogP contribution in [-0.4, -0.2) is 11.2 Å². The standard InChI is InChI=1S/C11H14BrF2NO/c1-2-3-8(16)11(15)9-7(13)5-4-6(12)10(9)14/h4-5,8,11,16H,2-3,15H2,1H3/t8-,11-/m1/s1. The predicted molar refractivity (Wildman–Crippen MR) is 61.9 cm³/mol. The fraction of sp³-hybridized carbons (Fsp3) is 0.455. The molecule has 0 amide bonds. The molecule has 3 N–H and O–H groups in total. The lowest BCUT2D eigenvalue weighted by atomic mass is 9.98. The molecule has 0 fully saturated rings. The van der Waals surface area contributed by atoms with E-state index in [-0.39, 0.29) is 10.0 Å². The second kappa shape index (κ2) is 5.70. The molecule has 0 aliphatic rings. The highest BCUT2D eigenvalue weighted by Crippen LogP contribution is 2.28. The molecule has 2 atom stereocenters. The SMILES string of the molecule is CCC[C@@H](O)[C@@H](N)c1c(F)ccc(Br)c1F. The van der Waals surface area contributed by atoms with Gasteiger partial charge in [0, 0.05) is 5.56 Å². The van der Waals surface area contributed by atoms with Crippen LogP contribution in [0.5, 0.6) is 0 Å². The van der Waals surface area contributed by atoms with Crippen molar-refractivity contribution in [2.75, 3.05) is 0 Å². The first-order valence-corrected chi connectivity index (χ1v) is 5.85. The third-order valence-corrected chi connectivity index (χ3v) is 3.02. The number of rotatable bonds is 4. The molecule has 0 aliphatic heterocycles. The van der Waals surface area contributed by atoms with E-state index in [2.05, 4.69) is 15.9 Å². The highest BCUT2D eigenvalue weighted by Gasteiger charge is 2.24. The Balaban J connectivity index is 3.07. The average Bonchev–Trinajstić information content (AvgIpc) is 2.24. The minimum absolute atomic E-state index is 0.142. The Morgan fingerprint density at radius 1 is 1.44 bits per heavy atom. The van der Waals surface area contributed by atoms with Gasteiger partial charge in [0.25, 0.3) is 0 Å². The summed E-state index contributed by atoms with van der Waals surface area (Å²) < 4.78 is 27.2. The van der Waals surface area contributed by atoms with Crippen LogP contribution < -0.4 is 5.73 Å². The van der Waals surface area contributed by atoms with Crippen LogP contribution in [-0.2, 0) is 0 Å². The molecule has 1 aromatic carbocycles. The Labute approximate surface area is 102 Å². The van der Waals surface area contributed by atoms with Crippen molar-refractivity contribution in [3.05, 3.63) is 33.8 Å². The van der Waals surface area contributed by atoms with Gasteiger partial charge in [-0.15, -0.1) is 0 Å². The molecule has 0 saturated carbocycles. The van der Waals surface area contributed by atoms with Gasteiger partial charge in [0.1, 0.15) is 11.6 Å². The Morgan fingerprint density at radius 2 is 2.06 bits per heavy atom. The minimum atomic E-state index is -1.04. The van der Waals surface area contributed by atoms with Crippen LogP contribution in [0, 0.1) is 11.6 Å². The highest BCUT2D eigenvalue weighted by molar-refractivity contribution is 9.10. The molecule has 0 radical (unpaired) electrons. The Hall–Kier alpha value is -0.520. The van der Waals surface area contributed by atoms with E-state index in [4.69, 9.17) is 5.73 Å². The molecule has 0 bridgehead atoms. The van der Waals surface area contributed by atoms with E-state index in [1.807, 2.05) is 6.92 Å². The van der Waals surface area contributed by atoms with Gasteiger partial charge in [-0.1, -0.05) is 13.3 Å². The monoisotopic (exact) mass is 293 g/mol. The summed E-state index contributed by atoms with van der Waals surface area (Å²) in [5, 5.41) is 9.64. The number of hydrogen-bond acceptors (Lipinski definition) is 2. The third kappa shape index (κ3) is 2.78. The van der Waals surface area contributed by atoms with E-state index in [1.165, 1.54) is 6.07 Å². The van der Waals surface area contributed by atoms with Crippen molar-refractivity contribution in [1.82, 2.24) is 0 Å². The molecule has 1 rings (SSSR count). The van der Waals surface area contributed by atoms with Gasteiger partial charge in [-0.3, -0.25) is 0 Å². The van der Waals surface area contributed by atoms with E-state index in [9.17, 15) is 13.9 Å². The van der Waals surface area contributed by atoms with Crippen LogP contribution in [0.3, 0.4) is 0 Å². The third-order valence-electron chi connectivity index (χ3n) is 2.41. The molecular weight excluding hydrogens is 280 g/mol. The van der Waals surface area contributed by atoms with Crippen LogP contribution in [0.15, 0.2) is 16.6 Å². The zero-order valence-electron chi connectivity index (χ0n) is 8.88. The van der Waals surface area contributed by atoms with Crippen LogP contribution in [0.25, 0.3) is 0 Å². The van der Waals surface area contributed by atoms with Crippen molar-refractivity contribution in [3.63, 3.8) is 0 Å². The lowest BCUT2D eigenvalue weighted by Crippen LogP contribution is -2.28. The summed E-state index contributed by atoms with van der Waals surface area (Å²) in [6, 6.07) is 1.35. The molecule has 0 heterocycles. The lowest BCUT2D eigenvalue weighted by molar-refractivity contribution is 0.131. The summed E-state index contributed by atoms with van der Waals surface area (Å²) in [6.07, 6.45) is 0.168. The molecule has 0 aromatic heterocycles. The van der Waals surface area contributed by atoms with Crippen molar-refractivity contribution in [2.45, 2.75) is 31.9 Å². The second-order valence-electron chi connectivity index (χ2n) is 3.64. The minimum Gasteiger partial charge on any atom is -0.391 e. The Bertz CT molecular complexity index is 373. The molecule has 90 valence electrons. The van der Waals surface area contributed by atoms with Gasteiger partial charge in [0.05, 0.1) is 16.6 Å². The van der Waals surface area contributed by atoms with Crippen LogP contribution in [0.1, 0.15) is 31.4 Å². The maximum atomic E-state index is 13.6. The summed E-state index contributed by atoms with van der Waals surface area (Å²) in [5.41, 5.74) is 5.38. The normalized spacial score (nSPS) is 14.9. The molecule has 0 aliphatic carbocycles. The first kappa shape index (κ1) is 13.5. The molecule has 0 saturated heterocycles. The molecule has 1 aromatic rings. The van der Waals surface area contributed by atoms with Crippen molar-refractivity contribution >= 4 is 15.9 Å². The van der Waals surface area contributed by atoms with Gasteiger partial charge >= 0.3 is 0 Å². The Kier molecular flexibility index (Phi) is 4.83. The van der Waals surface area contributed by atoms with Gasteiger partial charge in [-0.2, -0.15) is 0 Å². The first-order chi connectivity index (χ1) is 7.49. The zero-order valence-corrected chi connectivity index (χ0v) is 10.5. The average molecular weight is 294 g/mol. The topological polar surface area (TPSA) is 46.2 Å². The molecule has 2 nitrogen and oxygen atoms in total. The fourth-order valence-electron chi connectivity index (χ4n) is 1.52. The van der Waals surface area contributed by atoms with Gasteiger partial charge in [0.15, 0.2) is 0 Å². The summed E-state index contributed by atoms with van der Waals surface area (Å²) >= 11 is 2.96. The maximum Gasteiger partial charge on any atom is 0.145 e. The summed E-state index contributed by atoms with van der Waals surface area (Å²) in [6.45, 7) is 1.86. The number of hydrogen-bond donors (Lipinski definition) is 2. The Morgan fingerprint density at radius 3 is 2.62 bits per heavy atom. The predicted octanol–water partition coefficient (Wildman–Crippen LogP) is 2.89. The molecule has 0 unspecified atom stereocenters. The van der Waals surface area contributed by atoms with Gasteiger partial charge in [-0.25, -0.2) is 8.78 Å². The van der Waals surface area contributed by atoms with Crippen molar-refractivity contribution < 1.29 is 13.9 Å². The second-order valence-corrected chi connectivity index (χ2v) is 4.49. The summed E-state index contributed by atoms with van der Waals surface area (Å²) in [7, 11) is 0. The van der Waals surface area contributed by atoms with E-state index in [0.717, 1.165) is 6.07 Å². The quantitative estimate of drug-likeness (QED) is 0.839. The van der Waals surface area contributed by atoms with Crippen LogP contribution in [0.2, 0.25) is 0 Å². The van der Waals surface area contributed by atoms with E-state index in [1.54, 1.807) is 0 Å². The number of aliphatic hydroxyl groups excluding tert-OH is 1. The molecular formula is C11H14BrF2NO. The number of halogens is 3. The summed E-state index contributed by atoms with van der Waals surface area (Å²) in [4.78, 5) is 0. The van der Waals surface area contributed by atoms with Gasteiger partial charge in [-0.05, 0) is 34.5 Å². The molecule has 5 heteroatoms. The zero-order chi connectivity index (χ0) is 12.3. The van der Waals surface area contributed by atoms with Crippen molar-refractivity contribution in [2.24, 2.45) is 5.73 Å². The lowest BCUT2D eigenvalue weighted by Gasteiger charge is -2.20. The molecule has 0 spiro atoms. The van der Waals surface area contributed by atoms with Crippen molar-refractivity contribution in [1.29, 1.82) is 0 Å². The first-order valence-electron chi connectivity index (χ1n) is 5.06. The largest absolute Gasteiger partial charge is 0.391 e. The van der Waals surface area contributed by atoms with Gasteiger partial charge in [0.2, 0.25) is 0 Å². The van der Waals surface area contributed by atoms with E-state index >= 15 is 0 Å². The van der Waals surface area contributed by atoms with Gasteiger partial charge < -0.3 is 10.8 Å². The van der Waals surface area contributed by atoms with E-state index < -0.39 is 23.8 Å². The van der Waals surface area contributed by atoms with Crippen LogP contribution >= 0.6 is 15.9 Å². The smallest absolute Gasteiger partial charge is 0.145 e. The summed E-state index contributed by atoms with van der Waals surface area (Å²) in [5.74, 6) is -1.48. The number of nitrogens with two attached hydrogens (primary N) is 1. The fourth-order valence-corrected chi connectivity index (χ4v) is 1.86. The maximum absolute atomic E-state index is 13.6. The van der Waals surface area contributed by atoms with Crippen molar-refractivity contribution in [3.8, 4) is 0 Å². The van der Waals surface area contributed by atoms with E-state index in [0.29, 0.717) is 12.8 Å². The number of aliphatic hydroxyl groups is 1.